The molecule has 0 saturated heterocycles. The fourth-order valence-corrected chi connectivity index (χ4v) is 2.51. The molecule has 1 atom stereocenters. The van der Waals surface area contributed by atoms with Crippen LogP contribution in [-0.2, 0) is 0 Å². The predicted molar refractivity (Wildman–Crippen MR) is 88.2 cm³/mol. The predicted octanol–water partition coefficient (Wildman–Crippen LogP) is 4.31. The molecule has 0 radical (unpaired) electrons. The lowest BCUT2D eigenvalue weighted by atomic mass is 10.0. The highest BCUT2D eigenvalue weighted by Crippen LogP contribution is 2.24. The van der Waals surface area contributed by atoms with Gasteiger partial charge in [0.25, 0.3) is 0 Å². The van der Waals surface area contributed by atoms with E-state index in [-0.39, 0.29) is 11.3 Å². The molecule has 0 fully saturated rings. The average molecular weight is 296 g/mol. The maximum atomic E-state index is 12.4. The first-order valence-corrected chi connectivity index (χ1v) is 7.60. The van der Waals surface area contributed by atoms with Crippen molar-refractivity contribution in [1.82, 2.24) is 9.97 Å². The van der Waals surface area contributed by atoms with Crippen molar-refractivity contribution in [2.45, 2.75) is 40.0 Å². The number of benzene rings is 1. The summed E-state index contributed by atoms with van der Waals surface area (Å²) in [6.45, 7) is 8.23. The first kappa shape index (κ1) is 14.6. The SMILES string of the molecule is CCC(C)c1nc(-c2cc(=O)c3ccc(C)c(C)c3[nH]2)co1. The molecule has 0 aliphatic heterocycles. The Kier molecular flexibility index (Phi) is 3.61. The van der Waals surface area contributed by atoms with Gasteiger partial charge >= 0.3 is 0 Å². The molecule has 4 nitrogen and oxygen atoms in total. The van der Waals surface area contributed by atoms with Gasteiger partial charge in [-0.05, 0) is 37.5 Å². The van der Waals surface area contributed by atoms with Gasteiger partial charge in [-0.3, -0.25) is 4.79 Å². The van der Waals surface area contributed by atoms with Gasteiger partial charge in [0.1, 0.15) is 12.0 Å². The molecule has 1 unspecified atom stereocenters. The summed E-state index contributed by atoms with van der Waals surface area (Å²) in [4.78, 5) is 20.2. The average Bonchev–Trinajstić information content (AvgIpc) is 3.00. The van der Waals surface area contributed by atoms with Crippen LogP contribution >= 0.6 is 0 Å². The zero-order chi connectivity index (χ0) is 15.9. The number of oxazole rings is 1. The van der Waals surface area contributed by atoms with Crippen LogP contribution in [0, 0.1) is 13.8 Å². The second-order valence-electron chi connectivity index (χ2n) is 5.86. The van der Waals surface area contributed by atoms with Gasteiger partial charge in [-0.15, -0.1) is 0 Å². The molecule has 4 heteroatoms. The molecule has 1 aromatic carbocycles. The monoisotopic (exact) mass is 296 g/mol. The van der Waals surface area contributed by atoms with Crippen LogP contribution in [0.15, 0.2) is 33.7 Å². The van der Waals surface area contributed by atoms with Gasteiger partial charge in [0.15, 0.2) is 11.3 Å². The molecule has 0 aliphatic rings. The number of pyridine rings is 1. The number of aryl methyl sites for hydroxylation is 2. The van der Waals surface area contributed by atoms with E-state index in [1.54, 1.807) is 12.3 Å². The zero-order valence-electron chi connectivity index (χ0n) is 13.4. The van der Waals surface area contributed by atoms with Gasteiger partial charge in [0, 0.05) is 17.4 Å². The van der Waals surface area contributed by atoms with E-state index in [0.717, 1.165) is 23.1 Å². The van der Waals surface area contributed by atoms with Crippen LogP contribution in [-0.4, -0.2) is 9.97 Å². The molecule has 0 bridgehead atoms. The van der Waals surface area contributed by atoms with E-state index in [1.165, 1.54) is 0 Å². The normalized spacial score (nSPS) is 12.7. The third-order valence-corrected chi connectivity index (χ3v) is 4.37. The minimum atomic E-state index is -0.0000556. The standard InChI is InChI=1S/C18H20N2O2/c1-5-10(2)18-20-15(9-22-18)14-8-16(21)13-7-6-11(3)12(4)17(13)19-14/h6-10H,5H2,1-4H3,(H,19,21). The Morgan fingerprint density at radius 1 is 1.32 bits per heavy atom. The number of aromatic nitrogens is 2. The molecule has 3 rings (SSSR count). The molecule has 1 N–H and O–H groups in total. The van der Waals surface area contributed by atoms with E-state index in [9.17, 15) is 4.79 Å². The highest BCUT2D eigenvalue weighted by molar-refractivity contribution is 5.84. The third kappa shape index (κ3) is 2.34. The van der Waals surface area contributed by atoms with E-state index in [2.05, 4.69) is 23.8 Å². The van der Waals surface area contributed by atoms with Gasteiger partial charge in [-0.1, -0.05) is 19.9 Å². The maximum absolute atomic E-state index is 12.4. The number of nitrogens with zero attached hydrogens (tertiary/aromatic N) is 1. The first-order valence-electron chi connectivity index (χ1n) is 7.60. The van der Waals surface area contributed by atoms with Crippen molar-refractivity contribution < 1.29 is 4.42 Å². The van der Waals surface area contributed by atoms with Gasteiger partial charge < -0.3 is 9.40 Å². The maximum Gasteiger partial charge on any atom is 0.197 e. The van der Waals surface area contributed by atoms with Crippen molar-refractivity contribution in [2.75, 3.05) is 0 Å². The zero-order valence-corrected chi connectivity index (χ0v) is 13.4. The van der Waals surface area contributed by atoms with Crippen LogP contribution in [0.1, 0.15) is 43.2 Å². The Morgan fingerprint density at radius 3 is 2.82 bits per heavy atom. The van der Waals surface area contributed by atoms with Gasteiger partial charge in [0.05, 0.1) is 11.2 Å². The first-order chi connectivity index (χ1) is 10.5. The van der Waals surface area contributed by atoms with Gasteiger partial charge in [-0.2, -0.15) is 0 Å². The molecule has 0 spiro atoms. The number of hydrogen-bond acceptors (Lipinski definition) is 3. The van der Waals surface area contributed by atoms with Gasteiger partial charge in [0.2, 0.25) is 0 Å². The summed E-state index contributed by atoms with van der Waals surface area (Å²) in [5.74, 6) is 0.976. The fourth-order valence-electron chi connectivity index (χ4n) is 2.51. The summed E-state index contributed by atoms with van der Waals surface area (Å²) in [6.07, 6.45) is 2.58. The molecule has 0 amide bonds. The summed E-state index contributed by atoms with van der Waals surface area (Å²) in [5, 5.41) is 0.706. The summed E-state index contributed by atoms with van der Waals surface area (Å²) in [5.41, 5.74) is 4.48. The minimum absolute atomic E-state index is 0.0000556. The number of rotatable bonds is 3. The molecule has 0 aliphatic carbocycles. The second kappa shape index (κ2) is 5.44. The van der Waals surface area contributed by atoms with Crippen LogP contribution in [0.25, 0.3) is 22.3 Å². The number of fused-ring (bicyclic) bond motifs is 1. The van der Waals surface area contributed by atoms with Crippen molar-refractivity contribution in [3.05, 3.63) is 51.7 Å². The molecular weight excluding hydrogens is 276 g/mol. The fraction of sp³-hybridized carbons (Fsp3) is 0.333. The van der Waals surface area contributed by atoms with E-state index in [1.807, 2.05) is 26.0 Å². The highest BCUT2D eigenvalue weighted by atomic mass is 16.3. The number of aromatic amines is 1. The minimum Gasteiger partial charge on any atom is -0.448 e. The molecule has 2 aromatic heterocycles. The quantitative estimate of drug-likeness (QED) is 0.783. The van der Waals surface area contributed by atoms with Crippen molar-refractivity contribution in [2.24, 2.45) is 0 Å². The van der Waals surface area contributed by atoms with Crippen LogP contribution in [0.2, 0.25) is 0 Å². The Balaban J connectivity index is 2.18. The lowest BCUT2D eigenvalue weighted by Gasteiger charge is -2.07. The van der Waals surface area contributed by atoms with E-state index in [0.29, 0.717) is 22.7 Å². The Labute approximate surface area is 129 Å². The Bertz CT molecular complexity index is 890. The largest absolute Gasteiger partial charge is 0.448 e. The summed E-state index contributed by atoms with van der Waals surface area (Å²) >= 11 is 0. The second-order valence-corrected chi connectivity index (χ2v) is 5.86. The van der Waals surface area contributed by atoms with E-state index >= 15 is 0 Å². The lowest BCUT2D eigenvalue weighted by Crippen LogP contribution is -2.05. The number of hydrogen-bond donors (Lipinski definition) is 1. The molecule has 114 valence electrons. The van der Waals surface area contributed by atoms with Crippen molar-refractivity contribution in [1.29, 1.82) is 0 Å². The lowest BCUT2D eigenvalue weighted by molar-refractivity contribution is 0.453. The molecule has 22 heavy (non-hydrogen) atoms. The van der Waals surface area contributed by atoms with Crippen LogP contribution in [0.4, 0.5) is 0 Å². The molecule has 3 aromatic rings. The Morgan fingerprint density at radius 2 is 2.09 bits per heavy atom. The third-order valence-electron chi connectivity index (χ3n) is 4.37. The molecule has 2 heterocycles. The van der Waals surface area contributed by atoms with E-state index in [4.69, 9.17) is 4.42 Å². The molecular formula is C18H20N2O2. The van der Waals surface area contributed by atoms with Crippen molar-refractivity contribution >= 4 is 10.9 Å². The van der Waals surface area contributed by atoms with Gasteiger partial charge in [-0.25, -0.2) is 4.98 Å². The smallest absolute Gasteiger partial charge is 0.197 e. The van der Waals surface area contributed by atoms with E-state index < -0.39 is 0 Å². The van der Waals surface area contributed by atoms with Crippen molar-refractivity contribution in [3.8, 4) is 11.4 Å². The van der Waals surface area contributed by atoms with Crippen LogP contribution < -0.4 is 5.43 Å². The summed E-state index contributed by atoms with van der Waals surface area (Å²) in [7, 11) is 0. The number of nitrogens with one attached hydrogen (secondary N) is 1. The van der Waals surface area contributed by atoms with Crippen molar-refractivity contribution in [3.63, 3.8) is 0 Å². The summed E-state index contributed by atoms with van der Waals surface area (Å²) in [6, 6.07) is 5.44. The summed E-state index contributed by atoms with van der Waals surface area (Å²) < 4.78 is 5.54. The highest BCUT2D eigenvalue weighted by Gasteiger charge is 2.14. The number of H-pyrrole nitrogens is 1. The van der Waals surface area contributed by atoms with Crippen LogP contribution in [0.3, 0.4) is 0 Å². The topological polar surface area (TPSA) is 58.9 Å². The molecule has 0 saturated carbocycles. The van der Waals surface area contributed by atoms with Crippen LogP contribution in [0.5, 0.6) is 0 Å². The Hall–Kier alpha value is -2.36.